The molecule has 3 heteroatoms. The van der Waals surface area contributed by atoms with Crippen LogP contribution in [0.25, 0.3) is 0 Å². The predicted molar refractivity (Wildman–Crippen MR) is 67.2 cm³/mol. The zero-order chi connectivity index (χ0) is 12.0. The number of benzene rings is 1. The molecule has 0 saturated carbocycles. The Balaban J connectivity index is 2.31. The van der Waals surface area contributed by atoms with E-state index in [1.165, 1.54) is 5.56 Å². The van der Waals surface area contributed by atoms with Gasteiger partial charge in [-0.25, -0.2) is 0 Å². The van der Waals surface area contributed by atoms with Gasteiger partial charge in [0.15, 0.2) is 0 Å². The number of nitrogens with one attached hydrogen (secondary N) is 1. The maximum atomic E-state index is 8.92. The van der Waals surface area contributed by atoms with Crippen molar-refractivity contribution in [3.8, 4) is 0 Å². The first-order valence-corrected chi connectivity index (χ1v) is 5.69. The van der Waals surface area contributed by atoms with Gasteiger partial charge in [0.05, 0.1) is 6.61 Å². The van der Waals surface area contributed by atoms with Gasteiger partial charge < -0.3 is 15.3 Å². The van der Waals surface area contributed by atoms with E-state index < -0.39 is 0 Å². The SMILES string of the molecule is CC(CNCc1ccc(CO)cc1)N(C)C. The first kappa shape index (κ1) is 13.2. The van der Waals surface area contributed by atoms with Crippen LogP contribution in [0.3, 0.4) is 0 Å². The minimum atomic E-state index is 0.116. The normalized spacial score (nSPS) is 13.1. The Morgan fingerprint density at radius 1 is 1.19 bits per heavy atom. The highest BCUT2D eigenvalue weighted by Crippen LogP contribution is 2.04. The maximum Gasteiger partial charge on any atom is 0.0681 e. The van der Waals surface area contributed by atoms with Gasteiger partial charge in [0.25, 0.3) is 0 Å². The standard InChI is InChI=1S/C13H22N2O/c1-11(15(2)3)8-14-9-12-4-6-13(10-16)7-5-12/h4-7,11,14,16H,8-10H2,1-3H3. The molecule has 0 aliphatic rings. The van der Waals surface area contributed by atoms with Gasteiger partial charge in [-0.2, -0.15) is 0 Å². The van der Waals surface area contributed by atoms with Gasteiger partial charge in [0.2, 0.25) is 0 Å². The second-order valence-electron chi connectivity index (χ2n) is 4.42. The van der Waals surface area contributed by atoms with E-state index in [0.29, 0.717) is 6.04 Å². The second-order valence-corrected chi connectivity index (χ2v) is 4.42. The van der Waals surface area contributed by atoms with Crippen LogP contribution in [-0.2, 0) is 13.2 Å². The van der Waals surface area contributed by atoms with E-state index in [2.05, 4.69) is 43.4 Å². The zero-order valence-corrected chi connectivity index (χ0v) is 10.4. The third-order valence-electron chi connectivity index (χ3n) is 2.86. The summed E-state index contributed by atoms with van der Waals surface area (Å²) in [5.74, 6) is 0. The lowest BCUT2D eigenvalue weighted by Gasteiger charge is -2.20. The molecule has 0 amide bonds. The molecule has 1 aromatic carbocycles. The van der Waals surface area contributed by atoms with Crippen LogP contribution in [0.15, 0.2) is 24.3 Å². The zero-order valence-electron chi connectivity index (χ0n) is 10.4. The molecule has 3 nitrogen and oxygen atoms in total. The summed E-state index contributed by atoms with van der Waals surface area (Å²) in [7, 11) is 4.17. The predicted octanol–water partition coefficient (Wildman–Crippen LogP) is 1.22. The van der Waals surface area contributed by atoms with Gasteiger partial charge in [-0.1, -0.05) is 24.3 Å². The maximum absolute atomic E-state index is 8.92. The lowest BCUT2D eigenvalue weighted by atomic mass is 10.1. The lowest BCUT2D eigenvalue weighted by Crippen LogP contribution is -2.35. The number of rotatable bonds is 6. The van der Waals surface area contributed by atoms with Crippen LogP contribution < -0.4 is 5.32 Å². The van der Waals surface area contributed by atoms with E-state index in [0.717, 1.165) is 18.7 Å². The molecule has 1 atom stereocenters. The van der Waals surface area contributed by atoms with Gasteiger partial charge in [0.1, 0.15) is 0 Å². The Morgan fingerprint density at radius 3 is 2.25 bits per heavy atom. The summed E-state index contributed by atoms with van der Waals surface area (Å²) in [5.41, 5.74) is 2.22. The molecule has 0 heterocycles. The average molecular weight is 222 g/mol. The van der Waals surface area contributed by atoms with Crippen LogP contribution in [-0.4, -0.2) is 36.7 Å². The molecular formula is C13H22N2O. The van der Waals surface area contributed by atoms with Gasteiger partial charge >= 0.3 is 0 Å². The largest absolute Gasteiger partial charge is 0.392 e. The Bertz CT molecular complexity index is 295. The van der Waals surface area contributed by atoms with Crippen LogP contribution in [0.1, 0.15) is 18.1 Å². The Labute approximate surface area is 98.1 Å². The van der Waals surface area contributed by atoms with Crippen molar-refractivity contribution >= 4 is 0 Å². The van der Waals surface area contributed by atoms with Gasteiger partial charge in [0, 0.05) is 19.1 Å². The van der Waals surface area contributed by atoms with Crippen LogP contribution in [0, 0.1) is 0 Å². The molecule has 0 aliphatic carbocycles. The number of nitrogens with zero attached hydrogens (tertiary/aromatic N) is 1. The third kappa shape index (κ3) is 4.31. The third-order valence-corrected chi connectivity index (χ3v) is 2.86. The molecule has 90 valence electrons. The smallest absolute Gasteiger partial charge is 0.0681 e. The summed E-state index contributed by atoms with van der Waals surface area (Å²) in [6, 6.07) is 8.58. The Morgan fingerprint density at radius 2 is 1.75 bits per heavy atom. The monoisotopic (exact) mass is 222 g/mol. The highest BCUT2D eigenvalue weighted by atomic mass is 16.3. The molecule has 1 rings (SSSR count). The molecule has 0 aromatic heterocycles. The molecule has 1 unspecified atom stereocenters. The summed E-state index contributed by atoms with van der Waals surface area (Å²) < 4.78 is 0. The fourth-order valence-corrected chi connectivity index (χ4v) is 1.37. The molecule has 2 N–H and O–H groups in total. The van der Waals surface area contributed by atoms with Crippen molar-refractivity contribution in [3.63, 3.8) is 0 Å². The van der Waals surface area contributed by atoms with Crippen molar-refractivity contribution in [2.24, 2.45) is 0 Å². The summed E-state index contributed by atoms with van der Waals surface area (Å²) in [6.07, 6.45) is 0. The average Bonchev–Trinajstić information content (AvgIpc) is 2.29. The minimum absolute atomic E-state index is 0.116. The van der Waals surface area contributed by atoms with Crippen molar-refractivity contribution in [1.29, 1.82) is 0 Å². The van der Waals surface area contributed by atoms with E-state index >= 15 is 0 Å². The molecular weight excluding hydrogens is 200 g/mol. The second kappa shape index (κ2) is 6.63. The summed E-state index contributed by atoms with van der Waals surface area (Å²) in [6.45, 7) is 4.17. The molecule has 1 aromatic rings. The molecule has 0 fully saturated rings. The Hall–Kier alpha value is -0.900. The summed E-state index contributed by atoms with van der Waals surface area (Å²) in [4.78, 5) is 2.20. The highest BCUT2D eigenvalue weighted by Gasteiger charge is 2.02. The summed E-state index contributed by atoms with van der Waals surface area (Å²) >= 11 is 0. The van der Waals surface area contributed by atoms with Crippen molar-refractivity contribution in [1.82, 2.24) is 10.2 Å². The molecule has 0 spiro atoms. The first-order valence-electron chi connectivity index (χ1n) is 5.69. The van der Waals surface area contributed by atoms with Crippen molar-refractivity contribution in [2.45, 2.75) is 26.1 Å². The summed E-state index contributed by atoms with van der Waals surface area (Å²) in [5, 5.41) is 12.3. The number of hydrogen-bond acceptors (Lipinski definition) is 3. The molecule has 0 aliphatic heterocycles. The molecule has 16 heavy (non-hydrogen) atoms. The Kier molecular flexibility index (Phi) is 5.46. The topological polar surface area (TPSA) is 35.5 Å². The van der Waals surface area contributed by atoms with E-state index in [-0.39, 0.29) is 6.61 Å². The molecule has 0 radical (unpaired) electrons. The van der Waals surface area contributed by atoms with E-state index in [1.54, 1.807) is 0 Å². The number of aliphatic hydroxyl groups excluding tert-OH is 1. The van der Waals surface area contributed by atoms with Crippen LogP contribution in [0.5, 0.6) is 0 Å². The molecule has 0 saturated heterocycles. The lowest BCUT2D eigenvalue weighted by molar-refractivity contribution is 0.282. The number of aliphatic hydroxyl groups is 1. The first-order chi connectivity index (χ1) is 7.63. The molecule has 0 bridgehead atoms. The van der Waals surface area contributed by atoms with Crippen molar-refractivity contribution in [3.05, 3.63) is 35.4 Å². The van der Waals surface area contributed by atoms with E-state index in [1.807, 2.05) is 12.1 Å². The van der Waals surface area contributed by atoms with Crippen LogP contribution >= 0.6 is 0 Å². The van der Waals surface area contributed by atoms with E-state index in [4.69, 9.17) is 5.11 Å². The van der Waals surface area contributed by atoms with Crippen molar-refractivity contribution < 1.29 is 5.11 Å². The fourth-order valence-electron chi connectivity index (χ4n) is 1.37. The van der Waals surface area contributed by atoms with Gasteiger partial charge in [-0.3, -0.25) is 0 Å². The fraction of sp³-hybridized carbons (Fsp3) is 0.538. The van der Waals surface area contributed by atoms with Gasteiger partial charge in [-0.05, 0) is 32.1 Å². The quantitative estimate of drug-likeness (QED) is 0.759. The highest BCUT2D eigenvalue weighted by molar-refractivity contribution is 5.21. The minimum Gasteiger partial charge on any atom is -0.392 e. The van der Waals surface area contributed by atoms with Crippen molar-refractivity contribution in [2.75, 3.05) is 20.6 Å². The van der Waals surface area contributed by atoms with Gasteiger partial charge in [-0.15, -0.1) is 0 Å². The van der Waals surface area contributed by atoms with Crippen LogP contribution in [0.4, 0.5) is 0 Å². The van der Waals surface area contributed by atoms with Crippen LogP contribution in [0.2, 0.25) is 0 Å². The number of hydrogen-bond donors (Lipinski definition) is 2. The number of likely N-dealkylation sites (N-methyl/N-ethyl adjacent to an activating group) is 1. The van der Waals surface area contributed by atoms with E-state index in [9.17, 15) is 0 Å².